The van der Waals surface area contributed by atoms with Gasteiger partial charge in [0.05, 0.1) is 0 Å². The fourth-order valence-corrected chi connectivity index (χ4v) is 1.69. The SMILES string of the molecule is O=Nc1ccccc1-c1ccc(Br)cc1. The molecule has 0 saturated carbocycles. The third-order valence-electron chi connectivity index (χ3n) is 2.16. The first kappa shape index (κ1) is 10.1. The highest BCUT2D eigenvalue weighted by atomic mass is 79.9. The molecule has 2 rings (SSSR count). The van der Waals surface area contributed by atoms with E-state index in [0.717, 1.165) is 15.6 Å². The predicted octanol–water partition coefficient (Wildman–Crippen LogP) is 4.51. The number of hydrogen-bond donors (Lipinski definition) is 0. The van der Waals surface area contributed by atoms with Crippen molar-refractivity contribution < 1.29 is 0 Å². The molecule has 2 aromatic carbocycles. The van der Waals surface area contributed by atoms with Crippen molar-refractivity contribution in [3.63, 3.8) is 0 Å². The Hall–Kier alpha value is -1.48. The minimum atomic E-state index is 0.472. The van der Waals surface area contributed by atoms with E-state index >= 15 is 0 Å². The molecule has 0 saturated heterocycles. The highest BCUT2D eigenvalue weighted by Gasteiger charge is 2.03. The third-order valence-corrected chi connectivity index (χ3v) is 2.69. The van der Waals surface area contributed by atoms with E-state index in [1.807, 2.05) is 36.4 Å². The van der Waals surface area contributed by atoms with Crippen LogP contribution in [-0.4, -0.2) is 0 Å². The minimum absolute atomic E-state index is 0.472. The van der Waals surface area contributed by atoms with E-state index in [1.165, 1.54) is 0 Å². The van der Waals surface area contributed by atoms with Gasteiger partial charge in [-0.25, -0.2) is 0 Å². The molecule has 0 aliphatic heterocycles. The summed E-state index contributed by atoms with van der Waals surface area (Å²) in [4.78, 5) is 10.6. The molecule has 2 nitrogen and oxygen atoms in total. The minimum Gasteiger partial charge on any atom is -0.145 e. The first-order valence-corrected chi connectivity index (χ1v) is 5.29. The van der Waals surface area contributed by atoms with Crippen molar-refractivity contribution in [2.45, 2.75) is 0 Å². The Kier molecular flexibility index (Phi) is 2.92. The van der Waals surface area contributed by atoms with Crippen LogP contribution in [0.5, 0.6) is 0 Å². The molecule has 0 heterocycles. The smallest absolute Gasteiger partial charge is 0.115 e. The zero-order valence-electron chi connectivity index (χ0n) is 7.85. The third kappa shape index (κ3) is 2.13. The molecule has 2 aromatic rings. The standard InChI is InChI=1S/C12H8BrNO/c13-10-7-5-9(6-8-10)11-3-1-2-4-12(11)14-15/h1-8H. The molecule has 0 spiro atoms. The van der Waals surface area contributed by atoms with Gasteiger partial charge in [-0.15, -0.1) is 4.91 Å². The maximum atomic E-state index is 10.6. The molecule has 0 aliphatic carbocycles. The summed E-state index contributed by atoms with van der Waals surface area (Å²) in [5, 5.41) is 3.01. The summed E-state index contributed by atoms with van der Waals surface area (Å²) in [5.74, 6) is 0. The van der Waals surface area contributed by atoms with E-state index < -0.39 is 0 Å². The van der Waals surface area contributed by atoms with E-state index in [2.05, 4.69) is 21.1 Å². The molecule has 0 radical (unpaired) electrons. The zero-order valence-corrected chi connectivity index (χ0v) is 9.44. The largest absolute Gasteiger partial charge is 0.145 e. The number of nitroso groups, excluding NO2 is 1. The molecule has 3 heteroatoms. The summed E-state index contributed by atoms with van der Waals surface area (Å²) < 4.78 is 1.02. The van der Waals surface area contributed by atoms with Crippen molar-refractivity contribution in [2.24, 2.45) is 5.18 Å². The molecule has 0 aliphatic rings. The quantitative estimate of drug-likeness (QED) is 0.732. The van der Waals surface area contributed by atoms with Crippen LogP contribution in [0.4, 0.5) is 5.69 Å². The van der Waals surface area contributed by atoms with E-state index in [4.69, 9.17) is 0 Å². The Morgan fingerprint density at radius 3 is 2.27 bits per heavy atom. The Morgan fingerprint density at radius 1 is 0.933 bits per heavy atom. The molecule has 0 bridgehead atoms. The van der Waals surface area contributed by atoms with Crippen LogP contribution in [0.15, 0.2) is 58.2 Å². The molecule has 0 unspecified atom stereocenters. The summed E-state index contributed by atoms with van der Waals surface area (Å²) in [7, 11) is 0. The summed E-state index contributed by atoms with van der Waals surface area (Å²) in [5.41, 5.74) is 2.33. The van der Waals surface area contributed by atoms with Crippen molar-refractivity contribution in [3.8, 4) is 11.1 Å². The molecule has 0 amide bonds. The van der Waals surface area contributed by atoms with E-state index in [0.29, 0.717) is 5.69 Å². The second-order valence-electron chi connectivity index (χ2n) is 3.12. The molecule has 74 valence electrons. The van der Waals surface area contributed by atoms with Gasteiger partial charge >= 0.3 is 0 Å². The van der Waals surface area contributed by atoms with Gasteiger partial charge in [-0.3, -0.25) is 0 Å². The van der Waals surface area contributed by atoms with Crippen molar-refractivity contribution in [1.29, 1.82) is 0 Å². The van der Waals surface area contributed by atoms with Crippen LogP contribution in [0.25, 0.3) is 11.1 Å². The highest BCUT2D eigenvalue weighted by molar-refractivity contribution is 9.10. The van der Waals surface area contributed by atoms with Crippen molar-refractivity contribution >= 4 is 21.6 Å². The van der Waals surface area contributed by atoms with Crippen molar-refractivity contribution in [1.82, 2.24) is 0 Å². The van der Waals surface area contributed by atoms with Gasteiger partial charge in [-0.05, 0) is 28.9 Å². The number of benzene rings is 2. The van der Waals surface area contributed by atoms with Gasteiger partial charge in [0.25, 0.3) is 0 Å². The Balaban J connectivity index is 2.53. The zero-order chi connectivity index (χ0) is 10.7. The number of nitrogens with zero attached hydrogens (tertiary/aromatic N) is 1. The van der Waals surface area contributed by atoms with Gasteiger partial charge in [0, 0.05) is 10.0 Å². The van der Waals surface area contributed by atoms with E-state index in [9.17, 15) is 4.91 Å². The normalized spacial score (nSPS) is 9.93. The van der Waals surface area contributed by atoms with Crippen molar-refractivity contribution in [2.75, 3.05) is 0 Å². The van der Waals surface area contributed by atoms with Gasteiger partial charge in [-0.2, -0.15) is 0 Å². The highest BCUT2D eigenvalue weighted by Crippen LogP contribution is 2.30. The second-order valence-corrected chi connectivity index (χ2v) is 4.03. The molecule has 0 fully saturated rings. The first-order valence-electron chi connectivity index (χ1n) is 4.49. The van der Waals surface area contributed by atoms with Gasteiger partial charge in [0.1, 0.15) is 5.69 Å². The van der Waals surface area contributed by atoms with Gasteiger partial charge in [0.15, 0.2) is 0 Å². The van der Waals surface area contributed by atoms with Crippen LogP contribution < -0.4 is 0 Å². The van der Waals surface area contributed by atoms with E-state index in [1.54, 1.807) is 12.1 Å². The van der Waals surface area contributed by atoms with Crippen LogP contribution in [-0.2, 0) is 0 Å². The van der Waals surface area contributed by atoms with Crippen LogP contribution in [0.1, 0.15) is 0 Å². The summed E-state index contributed by atoms with van der Waals surface area (Å²) >= 11 is 3.37. The fourth-order valence-electron chi connectivity index (χ4n) is 1.43. The maximum absolute atomic E-state index is 10.6. The molecule has 15 heavy (non-hydrogen) atoms. The summed E-state index contributed by atoms with van der Waals surface area (Å²) in [6.07, 6.45) is 0. The lowest BCUT2D eigenvalue weighted by molar-refractivity contribution is 1.48. The van der Waals surface area contributed by atoms with Crippen LogP contribution >= 0.6 is 15.9 Å². The first-order chi connectivity index (χ1) is 7.31. The molecular weight excluding hydrogens is 254 g/mol. The van der Waals surface area contributed by atoms with Gasteiger partial charge in [-0.1, -0.05) is 46.3 Å². The van der Waals surface area contributed by atoms with Crippen LogP contribution in [0.2, 0.25) is 0 Å². The predicted molar refractivity (Wildman–Crippen MR) is 65.0 cm³/mol. The molecule has 0 aromatic heterocycles. The Bertz CT molecular complexity index is 479. The van der Waals surface area contributed by atoms with Crippen molar-refractivity contribution in [3.05, 3.63) is 57.9 Å². The molecule has 0 N–H and O–H groups in total. The van der Waals surface area contributed by atoms with Gasteiger partial charge < -0.3 is 0 Å². The number of hydrogen-bond acceptors (Lipinski definition) is 2. The monoisotopic (exact) mass is 261 g/mol. The number of halogens is 1. The topological polar surface area (TPSA) is 29.4 Å². The van der Waals surface area contributed by atoms with Crippen LogP contribution in [0.3, 0.4) is 0 Å². The maximum Gasteiger partial charge on any atom is 0.115 e. The lowest BCUT2D eigenvalue weighted by Gasteiger charge is -2.03. The summed E-state index contributed by atoms with van der Waals surface area (Å²) in [6.45, 7) is 0. The van der Waals surface area contributed by atoms with E-state index in [-0.39, 0.29) is 0 Å². The number of rotatable bonds is 2. The Labute approximate surface area is 96.1 Å². The van der Waals surface area contributed by atoms with Gasteiger partial charge in [0.2, 0.25) is 0 Å². The van der Waals surface area contributed by atoms with Crippen LogP contribution in [0, 0.1) is 4.91 Å². The Morgan fingerprint density at radius 2 is 1.60 bits per heavy atom. The lowest BCUT2D eigenvalue weighted by atomic mass is 10.0. The second kappa shape index (κ2) is 4.36. The fraction of sp³-hybridized carbons (Fsp3) is 0. The lowest BCUT2D eigenvalue weighted by Crippen LogP contribution is -1.77. The molecular formula is C12H8BrNO. The molecule has 0 atom stereocenters. The summed E-state index contributed by atoms with van der Waals surface area (Å²) in [6, 6.07) is 15.1. The average Bonchev–Trinajstić information content (AvgIpc) is 2.30. The average molecular weight is 262 g/mol.